The van der Waals surface area contributed by atoms with Crippen LogP contribution in [-0.2, 0) is 6.18 Å². The number of aliphatic imine (C=N–C) groups is 1. The zero-order chi connectivity index (χ0) is 14.6. The molecule has 0 spiro atoms. The van der Waals surface area contributed by atoms with Crippen LogP contribution < -0.4 is 0 Å². The Bertz CT molecular complexity index is 500. The highest BCUT2D eigenvalue weighted by molar-refractivity contribution is 6.33. The zero-order valence-electron chi connectivity index (χ0n) is 10.1. The van der Waals surface area contributed by atoms with Gasteiger partial charge < -0.3 is 10.0 Å². The lowest BCUT2D eigenvalue weighted by Crippen LogP contribution is -2.15. The Kier molecular flexibility index (Phi) is 4.83. The number of phenols is 1. The minimum atomic E-state index is -4.66. The summed E-state index contributed by atoms with van der Waals surface area (Å²) >= 11 is 5.73. The van der Waals surface area contributed by atoms with Crippen molar-refractivity contribution in [3.8, 4) is 5.75 Å². The second kappa shape index (κ2) is 5.97. The zero-order valence-corrected chi connectivity index (χ0v) is 10.8. The van der Waals surface area contributed by atoms with Crippen molar-refractivity contribution in [1.29, 1.82) is 0 Å². The Morgan fingerprint density at radius 2 is 2.11 bits per heavy atom. The molecule has 0 aliphatic carbocycles. The molecule has 0 saturated carbocycles. The summed E-state index contributed by atoms with van der Waals surface area (Å²) < 4.78 is 37.8. The van der Waals surface area contributed by atoms with Crippen LogP contribution in [0.25, 0.3) is 0 Å². The number of aromatic hydroxyl groups is 1. The van der Waals surface area contributed by atoms with Gasteiger partial charge in [0.05, 0.1) is 22.6 Å². The van der Waals surface area contributed by atoms with Gasteiger partial charge in [-0.1, -0.05) is 17.7 Å². The third-order valence-electron chi connectivity index (χ3n) is 2.18. The molecule has 19 heavy (non-hydrogen) atoms. The van der Waals surface area contributed by atoms with Crippen molar-refractivity contribution in [2.24, 2.45) is 4.99 Å². The fraction of sp³-hybridized carbons (Fsp3) is 0.250. The summed E-state index contributed by atoms with van der Waals surface area (Å²) in [6.45, 7) is 4.01. The summed E-state index contributed by atoms with van der Waals surface area (Å²) in [4.78, 5) is 5.46. The van der Waals surface area contributed by atoms with Crippen LogP contribution in [0.4, 0.5) is 18.9 Å². The van der Waals surface area contributed by atoms with Crippen molar-refractivity contribution in [1.82, 2.24) is 4.90 Å². The molecule has 0 aromatic heterocycles. The van der Waals surface area contributed by atoms with Crippen molar-refractivity contribution in [2.75, 3.05) is 13.6 Å². The first-order valence-corrected chi connectivity index (χ1v) is 5.58. The van der Waals surface area contributed by atoms with Gasteiger partial charge in [-0.3, -0.25) is 0 Å². The lowest BCUT2D eigenvalue weighted by atomic mass is 10.1. The maximum absolute atomic E-state index is 12.6. The Balaban J connectivity index is 3.12. The van der Waals surface area contributed by atoms with E-state index in [1.807, 2.05) is 0 Å². The van der Waals surface area contributed by atoms with Crippen LogP contribution in [-0.4, -0.2) is 29.9 Å². The predicted molar refractivity (Wildman–Crippen MR) is 69.1 cm³/mol. The molecule has 3 nitrogen and oxygen atoms in total. The Morgan fingerprint density at radius 3 is 2.63 bits per heavy atom. The van der Waals surface area contributed by atoms with E-state index in [0.717, 1.165) is 6.07 Å². The number of hydrogen-bond acceptors (Lipinski definition) is 2. The molecule has 7 heteroatoms. The van der Waals surface area contributed by atoms with Gasteiger partial charge in [-0.2, -0.15) is 13.2 Å². The number of halogens is 4. The fourth-order valence-corrected chi connectivity index (χ4v) is 1.50. The topological polar surface area (TPSA) is 35.8 Å². The van der Waals surface area contributed by atoms with E-state index >= 15 is 0 Å². The lowest BCUT2D eigenvalue weighted by Gasteiger charge is -2.12. The normalized spacial score (nSPS) is 11.8. The van der Waals surface area contributed by atoms with Crippen LogP contribution in [0.3, 0.4) is 0 Å². The molecule has 0 heterocycles. The molecule has 0 aliphatic rings. The Hall–Kier alpha value is -1.69. The molecule has 0 unspecified atom stereocenters. The van der Waals surface area contributed by atoms with E-state index in [9.17, 15) is 18.3 Å². The number of nitrogens with zero attached hydrogens (tertiary/aromatic N) is 2. The van der Waals surface area contributed by atoms with Crippen molar-refractivity contribution >= 4 is 23.6 Å². The minimum Gasteiger partial charge on any atom is -0.507 e. The molecule has 0 fully saturated rings. The highest BCUT2D eigenvalue weighted by atomic mass is 35.5. The number of hydrogen-bond donors (Lipinski definition) is 1. The van der Waals surface area contributed by atoms with Crippen LogP contribution >= 0.6 is 11.6 Å². The van der Waals surface area contributed by atoms with Gasteiger partial charge in [0.25, 0.3) is 0 Å². The van der Waals surface area contributed by atoms with Crippen molar-refractivity contribution < 1.29 is 18.3 Å². The first kappa shape index (κ1) is 15.4. The highest BCUT2D eigenvalue weighted by Crippen LogP contribution is 2.41. The first-order chi connectivity index (χ1) is 8.75. The van der Waals surface area contributed by atoms with Gasteiger partial charge in [0.15, 0.2) is 0 Å². The average molecular weight is 293 g/mol. The van der Waals surface area contributed by atoms with E-state index in [1.165, 1.54) is 6.34 Å². The molecule has 0 atom stereocenters. The van der Waals surface area contributed by atoms with Crippen molar-refractivity contribution in [3.63, 3.8) is 0 Å². The summed E-state index contributed by atoms with van der Waals surface area (Å²) in [5, 5.41) is 9.17. The largest absolute Gasteiger partial charge is 0.507 e. The van der Waals surface area contributed by atoms with Crippen molar-refractivity contribution in [3.05, 3.63) is 35.4 Å². The summed E-state index contributed by atoms with van der Waals surface area (Å²) in [5.74, 6) is -0.920. The molecule has 0 amide bonds. The van der Waals surface area contributed by atoms with Crippen LogP contribution in [0, 0.1) is 0 Å². The Morgan fingerprint density at radius 1 is 1.47 bits per heavy atom. The minimum absolute atomic E-state index is 0.0613. The molecule has 1 N–H and O–H groups in total. The second-order valence-corrected chi connectivity index (χ2v) is 4.20. The van der Waals surface area contributed by atoms with Crippen molar-refractivity contribution in [2.45, 2.75) is 6.18 Å². The smallest absolute Gasteiger partial charge is 0.420 e. The Labute approximate surface area is 113 Å². The highest BCUT2D eigenvalue weighted by Gasteiger charge is 2.34. The van der Waals surface area contributed by atoms with Gasteiger partial charge in [-0.05, 0) is 6.07 Å². The van der Waals surface area contributed by atoms with E-state index in [4.69, 9.17) is 11.6 Å². The molecule has 104 valence electrons. The van der Waals surface area contributed by atoms with Gasteiger partial charge in [-0.25, -0.2) is 4.99 Å². The summed E-state index contributed by atoms with van der Waals surface area (Å²) in [6, 6.07) is 1.53. The third-order valence-corrected chi connectivity index (χ3v) is 2.48. The maximum Gasteiger partial charge on any atom is 0.420 e. The number of benzene rings is 1. The molecule has 1 aromatic rings. The van der Waals surface area contributed by atoms with Gasteiger partial charge in [0.1, 0.15) is 5.75 Å². The first-order valence-electron chi connectivity index (χ1n) is 5.20. The molecule has 0 radical (unpaired) electrons. The second-order valence-electron chi connectivity index (χ2n) is 3.79. The van der Waals surface area contributed by atoms with Crippen LogP contribution in [0.2, 0.25) is 5.02 Å². The molecular weight excluding hydrogens is 281 g/mol. The van der Waals surface area contributed by atoms with Gasteiger partial charge in [0, 0.05) is 19.7 Å². The average Bonchev–Trinajstić information content (AvgIpc) is 2.26. The van der Waals surface area contributed by atoms with E-state index in [-0.39, 0.29) is 10.7 Å². The number of phenolic OH excluding ortho intramolecular Hbond substituents is 1. The summed E-state index contributed by atoms with van der Waals surface area (Å²) in [7, 11) is 1.68. The number of alkyl halides is 3. The number of rotatable bonds is 4. The number of likely N-dealkylation sites (N-methyl/N-ethyl adjacent to an activating group) is 1. The standard InChI is InChI=1S/C12H12ClF3N2O/c1-3-4-18(2)7-17-10-5-8(12(14,15)16)11(19)6-9(10)13/h3,5-7,19H,1,4H2,2H3. The van der Waals surface area contributed by atoms with Gasteiger partial charge >= 0.3 is 6.18 Å². The third kappa shape index (κ3) is 4.17. The quantitative estimate of drug-likeness (QED) is 0.520. The van der Waals surface area contributed by atoms with Crippen LogP contribution in [0.1, 0.15) is 5.56 Å². The molecular formula is C12H12ClF3N2O. The van der Waals surface area contributed by atoms with Gasteiger partial charge in [-0.15, -0.1) is 6.58 Å². The molecule has 0 bridgehead atoms. The van der Waals surface area contributed by atoms with E-state index in [1.54, 1.807) is 18.0 Å². The summed E-state index contributed by atoms with van der Waals surface area (Å²) in [5.41, 5.74) is -1.24. The van der Waals surface area contributed by atoms with Crippen LogP contribution in [0.15, 0.2) is 29.8 Å². The summed E-state index contributed by atoms with van der Waals surface area (Å²) in [6.07, 6.45) is -1.71. The molecule has 0 aliphatic heterocycles. The van der Waals surface area contributed by atoms with E-state index in [2.05, 4.69) is 11.6 Å². The maximum atomic E-state index is 12.6. The lowest BCUT2D eigenvalue weighted by molar-refractivity contribution is -0.138. The monoisotopic (exact) mass is 292 g/mol. The van der Waals surface area contributed by atoms with Gasteiger partial charge in [0.2, 0.25) is 0 Å². The van der Waals surface area contributed by atoms with E-state index < -0.39 is 17.5 Å². The van der Waals surface area contributed by atoms with E-state index in [0.29, 0.717) is 12.6 Å². The molecule has 1 aromatic carbocycles. The molecule has 1 rings (SSSR count). The predicted octanol–water partition coefficient (Wildman–Crippen LogP) is 3.84. The fourth-order valence-electron chi connectivity index (χ4n) is 1.29. The van der Waals surface area contributed by atoms with Crippen LogP contribution in [0.5, 0.6) is 5.75 Å². The molecule has 0 saturated heterocycles. The SMILES string of the molecule is C=CCN(C)C=Nc1cc(C(F)(F)F)c(O)cc1Cl.